The molecule has 1 aromatic carbocycles. The number of alkyl halides is 1. The van der Waals surface area contributed by atoms with Gasteiger partial charge in [0.15, 0.2) is 0 Å². The average Bonchev–Trinajstić information content (AvgIpc) is 2.03. The Morgan fingerprint density at radius 1 is 1.27 bits per heavy atom. The van der Waals surface area contributed by atoms with Crippen LogP contribution in [0.3, 0.4) is 0 Å². The molecule has 0 aliphatic heterocycles. The molecule has 0 N–H and O–H groups in total. The molecule has 0 aliphatic carbocycles. The maximum Gasteiger partial charge on any atom is 0.0120 e. The zero-order valence-corrected chi connectivity index (χ0v) is 8.34. The molecule has 0 heterocycles. The molecule has 60 valence electrons. The van der Waals surface area contributed by atoms with E-state index < -0.39 is 0 Å². The minimum atomic E-state index is 0.628. The van der Waals surface area contributed by atoms with Gasteiger partial charge in [0.05, 0.1) is 0 Å². The van der Waals surface area contributed by atoms with Gasteiger partial charge < -0.3 is 0 Å². The summed E-state index contributed by atoms with van der Waals surface area (Å²) >= 11 is 3.53. The molecule has 0 aliphatic rings. The number of benzene rings is 1. The van der Waals surface area contributed by atoms with E-state index in [0.29, 0.717) is 4.83 Å². The fourth-order valence-electron chi connectivity index (χ4n) is 1.01. The van der Waals surface area contributed by atoms with Crippen molar-refractivity contribution in [2.45, 2.75) is 24.6 Å². The lowest BCUT2D eigenvalue weighted by atomic mass is 10.1. The van der Waals surface area contributed by atoms with Crippen molar-refractivity contribution >= 4 is 15.9 Å². The first-order chi connectivity index (χ1) is 5.29. The quantitative estimate of drug-likeness (QED) is 0.675. The molecule has 1 aromatic rings. The van der Waals surface area contributed by atoms with Gasteiger partial charge in [0.25, 0.3) is 0 Å². The standard InChI is InChI=1S/C10H13Br/c1-9(11)7-8-10-5-3-2-4-6-10/h2-6,9H,7-8H2,1H3. The fraction of sp³-hybridized carbons (Fsp3) is 0.400. The second kappa shape index (κ2) is 4.55. The SMILES string of the molecule is CC(Br)CCc1ccccc1. The summed E-state index contributed by atoms with van der Waals surface area (Å²) in [5.41, 5.74) is 1.43. The number of hydrogen-bond acceptors (Lipinski definition) is 0. The lowest BCUT2D eigenvalue weighted by Gasteiger charge is -2.01. The molecule has 1 rings (SSSR count). The molecule has 0 saturated carbocycles. The van der Waals surface area contributed by atoms with E-state index in [1.807, 2.05) is 0 Å². The van der Waals surface area contributed by atoms with Crippen LogP contribution >= 0.6 is 15.9 Å². The number of hydrogen-bond donors (Lipinski definition) is 0. The number of rotatable bonds is 3. The Hall–Kier alpha value is -0.300. The van der Waals surface area contributed by atoms with Crippen LogP contribution in [-0.2, 0) is 6.42 Å². The Morgan fingerprint density at radius 3 is 2.45 bits per heavy atom. The van der Waals surface area contributed by atoms with E-state index in [0.717, 1.165) is 0 Å². The number of aryl methyl sites for hydroxylation is 1. The van der Waals surface area contributed by atoms with Gasteiger partial charge in [-0.3, -0.25) is 0 Å². The molecule has 0 spiro atoms. The molecule has 1 atom stereocenters. The van der Waals surface area contributed by atoms with Crippen molar-refractivity contribution in [3.8, 4) is 0 Å². The Labute approximate surface area is 76.8 Å². The van der Waals surface area contributed by atoms with Crippen molar-refractivity contribution in [1.29, 1.82) is 0 Å². The van der Waals surface area contributed by atoms with E-state index >= 15 is 0 Å². The molecule has 11 heavy (non-hydrogen) atoms. The third-order valence-electron chi connectivity index (χ3n) is 1.67. The van der Waals surface area contributed by atoms with Crippen molar-refractivity contribution in [2.75, 3.05) is 0 Å². The van der Waals surface area contributed by atoms with E-state index in [-0.39, 0.29) is 0 Å². The lowest BCUT2D eigenvalue weighted by Crippen LogP contribution is -1.93. The predicted octanol–water partition coefficient (Wildman–Crippen LogP) is 3.40. The highest BCUT2D eigenvalue weighted by molar-refractivity contribution is 9.09. The van der Waals surface area contributed by atoms with Gasteiger partial charge in [0.2, 0.25) is 0 Å². The smallest absolute Gasteiger partial charge is 0.0120 e. The highest BCUT2D eigenvalue weighted by Gasteiger charge is 1.95. The van der Waals surface area contributed by atoms with Gasteiger partial charge in [-0.25, -0.2) is 0 Å². The summed E-state index contributed by atoms with van der Waals surface area (Å²) in [6.45, 7) is 2.18. The zero-order chi connectivity index (χ0) is 8.10. The molecule has 1 unspecified atom stereocenters. The van der Waals surface area contributed by atoms with Crippen molar-refractivity contribution < 1.29 is 0 Å². The van der Waals surface area contributed by atoms with Crippen LogP contribution in [-0.4, -0.2) is 4.83 Å². The third kappa shape index (κ3) is 3.57. The minimum absolute atomic E-state index is 0.628. The molecule has 0 bridgehead atoms. The molecule has 0 fully saturated rings. The largest absolute Gasteiger partial charge is 0.0894 e. The molecule has 0 amide bonds. The summed E-state index contributed by atoms with van der Waals surface area (Å²) in [4.78, 5) is 0.628. The molecular formula is C10H13Br. The van der Waals surface area contributed by atoms with Crippen LogP contribution in [0.4, 0.5) is 0 Å². The van der Waals surface area contributed by atoms with E-state index in [1.54, 1.807) is 0 Å². The average molecular weight is 213 g/mol. The van der Waals surface area contributed by atoms with Crippen molar-refractivity contribution in [3.05, 3.63) is 35.9 Å². The fourth-order valence-corrected chi connectivity index (χ4v) is 1.24. The Morgan fingerprint density at radius 2 is 1.91 bits per heavy atom. The maximum atomic E-state index is 3.53. The van der Waals surface area contributed by atoms with Gasteiger partial charge in [0.1, 0.15) is 0 Å². The summed E-state index contributed by atoms with van der Waals surface area (Å²) in [5.74, 6) is 0. The summed E-state index contributed by atoms with van der Waals surface area (Å²) in [6, 6.07) is 10.6. The van der Waals surface area contributed by atoms with Gasteiger partial charge >= 0.3 is 0 Å². The third-order valence-corrected chi connectivity index (χ3v) is 2.13. The van der Waals surface area contributed by atoms with E-state index in [2.05, 4.69) is 53.2 Å². The molecule has 0 saturated heterocycles. The number of halogens is 1. The van der Waals surface area contributed by atoms with Gasteiger partial charge in [0, 0.05) is 4.83 Å². The first kappa shape index (κ1) is 8.79. The molecule has 1 heteroatoms. The Bertz CT molecular complexity index is 191. The normalized spacial score (nSPS) is 12.9. The molecule has 0 nitrogen and oxygen atoms in total. The van der Waals surface area contributed by atoms with Crippen molar-refractivity contribution in [1.82, 2.24) is 0 Å². The van der Waals surface area contributed by atoms with Crippen LogP contribution < -0.4 is 0 Å². The van der Waals surface area contributed by atoms with Gasteiger partial charge in [-0.15, -0.1) is 0 Å². The summed E-state index contributed by atoms with van der Waals surface area (Å²) in [6.07, 6.45) is 2.39. The van der Waals surface area contributed by atoms with Crippen LogP contribution in [0.2, 0.25) is 0 Å². The second-order valence-electron chi connectivity index (χ2n) is 2.81. The summed E-state index contributed by atoms with van der Waals surface area (Å²) in [5, 5.41) is 0. The van der Waals surface area contributed by atoms with E-state index in [1.165, 1.54) is 18.4 Å². The highest BCUT2D eigenvalue weighted by atomic mass is 79.9. The van der Waals surface area contributed by atoms with Gasteiger partial charge in [-0.1, -0.05) is 53.2 Å². The molecule has 0 radical (unpaired) electrons. The highest BCUT2D eigenvalue weighted by Crippen LogP contribution is 2.09. The maximum absolute atomic E-state index is 3.53. The van der Waals surface area contributed by atoms with Gasteiger partial charge in [-0.2, -0.15) is 0 Å². The first-order valence-corrected chi connectivity index (χ1v) is 4.88. The van der Waals surface area contributed by atoms with Gasteiger partial charge in [-0.05, 0) is 18.4 Å². The monoisotopic (exact) mass is 212 g/mol. The zero-order valence-electron chi connectivity index (χ0n) is 6.76. The van der Waals surface area contributed by atoms with Crippen molar-refractivity contribution in [2.24, 2.45) is 0 Å². The minimum Gasteiger partial charge on any atom is -0.0894 e. The summed E-state index contributed by atoms with van der Waals surface area (Å²) < 4.78 is 0. The van der Waals surface area contributed by atoms with Crippen LogP contribution in [0.25, 0.3) is 0 Å². The molecule has 0 aromatic heterocycles. The van der Waals surface area contributed by atoms with E-state index in [9.17, 15) is 0 Å². The topological polar surface area (TPSA) is 0 Å². The van der Waals surface area contributed by atoms with Crippen LogP contribution in [0.15, 0.2) is 30.3 Å². The Kier molecular flexibility index (Phi) is 3.64. The lowest BCUT2D eigenvalue weighted by molar-refractivity contribution is 0.822. The van der Waals surface area contributed by atoms with Crippen molar-refractivity contribution in [3.63, 3.8) is 0 Å². The second-order valence-corrected chi connectivity index (χ2v) is 4.37. The van der Waals surface area contributed by atoms with Crippen LogP contribution in [0, 0.1) is 0 Å². The predicted molar refractivity (Wildman–Crippen MR) is 53.2 cm³/mol. The van der Waals surface area contributed by atoms with E-state index in [4.69, 9.17) is 0 Å². The molecular weight excluding hydrogens is 200 g/mol. The summed E-state index contributed by atoms with van der Waals surface area (Å²) in [7, 11) is 0. The Balaban J connectivity index is 2.39. The van der Waals surface area contributed by atoms with Crippen LogP contribution in [0.1, 0.15) is 18.9 Å². The first-order valence-electron chi connectivity index (χ1n) is 3.97. The van der Waals surface area contributed by atoms with Crippen LogP contribution in [0.5, 0.6) is 0 Å².